The van der Waals surface area contributed by atoms with E-state index in [0.717, 1.165) is 52.5 Å². The molecule has 1 saturated carbocycles. The number of anilines is 2. The van der Waals surface area contributed by atoms with Gasteiger partial charge in [-0.15, -0.1) is 0 Å². The Labute approximate surface area is 150 Å². The number of rotatable bonds is 4. The molecular weight excluding hydrogens is 328 g/mol. The van der Waals surface area contributed by atoms with E-state index in [-0.39, 0.29) is 18.4 Å². The number of aromatic nitrogens is 2. The molecule has 2 aromatic heterocycles. The zero-order valence-corrected chi connectivity index (χ0v) is 14.5. The number of aliphatic hydroxyl groups excluding tert-OH is 1. The molecule has 0 atom stereocenters. The Kier molecular flexibility index (Phi) is 3.15. The Balaban J connectivity index is 1.60. The number of fused-ring (bicyclic) bond motifs is 2. The van der Waals surface area contributed by atoms with Gasteiger partial charge in [0.1, 0.15) is 5.82 Å². The fourth-order valence-corrected chi connectivity index (χ4v) is 3.82. The summed E-state index contributed by atoms with van der Waals surface area (Å²) in [6.07, 6.45) is 3.62. The maximum atomic E-state index is 12.0. The van der Waals surface area contributed by atoms with Gasteiger partial charge in [-0.25, -0.2) is 4.98 Å². The number of carbonyl (C=O) groups is 1. The number of pyridine rings is 1. The molecule has 1 aliphatic carbocycles. The first-order valence-corrected chi connectivity index (χ1v) is 8.89. The third-order valence-corrected chi connectivity index (χ3v) is 5.46. The molecule has 3 heterocycles. The lowest BCUT2D eigenvalue weighted by molar-refractivity contribution is -0.117. The minimum atomic E-state index is 0.0233. The van der Waals surface area contributed by atoms with Crippen molar-refractivity contribution < 1.29 is 9.90 Å². The van der Waals surface area contributed by atoms with Crippen molar-refractivity contribution in [2.24, 2.45) is 5.92 Å². The number of hydrogen-bond acceptors (Lipinski definition) is 4. The molecule has 6 heteroatoms. The van der Waals surface area contributed by atoms with E-state index in [1.54, 1.807) is 6.20 Å². The number of nitrogens with one attached hydrogen (secondary N) is 1. The van der Waals surface area contributed by atoms with Gasteiger partial charge in [0.05, 0.1) is 13.2 Å². The van der Waals surface area contributed by atoms with Gasteiger partial charge in [-0.1, -0.05) is 0 Å². The van der Waals surface area contributed by atoms with Crippen LogP contribution in [0.2, 0.25) is 0 Å². The van der Waals surface area contributed by atoms with Crippen LogP contribution >= 0.6 is 0 Å². The van der Waals surface area contributed by atoms with E-state index in [0.29, 0.717) is 11.5 Å². The summed E-state index contributed by atoms with van der Waals surface area (Å²) in [6.45, 7) is 3.00. The molecule has 0 spiro atoms. The molecule has 0 unspecified atom stereocenters. The van der Waals surface area contributed by atoms with E-state index >= 15 is 0 Å². The molecule has 4 N–H and O–H groups in total. The first-order valence-electron chi connectivity index (χ1n) is 8.89. The summed E-state index contributed by atoms with van der Waals surface area (Å²) in [5.41, 5.74) is 12.3. The Bertz CT molecular complexity index is 1080. The van der Waals surface area contributed by atoms with E-state index in [9.17, 15) is 9.90 Å². The number of nitrogens with two attached hydrogens (primary N) is 1. The molecule has 0 bridgehead atoms. The van der Waals surface area contributed by atoms with Gasteiger partial charge in [0, 0.05) is 45.7 Å². The molecule has 5 rings (SSSR count). The number of nitrogens with zero attached hydrogens (tertiary/aromatic N) is 2. The average molecular weight is 348 g/mol. The van der Waals surface area contributed by atoms with Crippen LogP contribution in [0.15, 0.2) is 24.4 Å². The van der Waals surface area contributed by atoms with E-state index in [4.69, 9.17) is 5.73 Å². The molecule has 0 radical (unpaired) electrons. The van der Waals surface area contributed by atoms with Gasteiger partial charge in [-0.2, -0.15) is 0 Å². The molecule has 1 fully saturated rings. The lowest BCUT2D eigenvalue weighted by Crippen LogP contribution is -2.14. The summed E-state index contributed by atoms with van der Waals surface area (Å²) in [6, 6.07) is 5.86. The third kappa shape index (κ3) is 2.29. The van der Waals surface area contributed by atoms with Crippen molar-refractivity contribution in [3.8, 4) is 11.1 Å². The second kappa shape index (κ2) is 5.32. The quantitative estimate of drug-likeness (QED) is 0.494. The van der Waals surface area contributed by atoms with Crippen LogP contribution in [0.3, 0.4) is 0 Å². The van der Waals surface area contributed by atoms with Gasteiger partial charge in [-0.05, 0) is 48.9 Å². The number of aliphatic hydroxyl groups is 1. The van der Waals surface area contributed by atoms with E-state index < -0.39 is 0 Å². The highest BCUT2D eigenvalue weighted by Gasteiger charge is 2.30. The first kappa shape index (κ1) is 15.4. The monoisotopic (exact) mass is 348 g/mol. The molecule has 1 aliphatic heterocycles. The fraction of sp³-hybridized carbons (Fsp3) is 0.300. The van der Waals surface area contributed by atoms with Crippen LogP contribution in [0.4, 0.5) is 11.5 Å². The summed E-state index contributed by atoms with van der Waals surface area (Å²) in [5, 5.41) is 14.5. The predicted molar refractivity (Wildman–Crippen MR) is 101 cm³/mol. The average Bonchev–Trinajstić information content (AvgIpc) is 3.52. The highest BCUT2D eigenvalue weighted by atomic mass is 16.3. The van der Waals surface area contributed by atoms with Crippen molar-refractivity contribution in [2.45, 2.75) is 32.9 Å². The summed E-state index contributed by atoms with van der Waals surface area (Å²) >= 11 is 0. The second-order valence-electron chi connectivity index (χ2n) is 7.25. The SMILES string of the molecule is Cc1c(-c2cc(N)c3cnc(NC(=O)C4CC4)cc3c2)c(CO)c2n1C2. The largest absolute Gasteiger partial charge is 0.398 e. The summed E-state index contributed by atoms with van der Waals surface area (Å²) in [4.78, 5) is 16.3. The smallest absolute Gasteiger partial charge is 0.228 e. The van der Waals surface area contributed by atoms with Gasteiger partial charge in [0.15, 0.2) is 0 Å². The number of carbonyl (C=O) groups excluding carboxylic acids is 1. The minimum absolute atomic E-state index is 0.0233. The Morgan fingerprint density at radius 2 is 2.19 bits per heavy atom. The van der Waals surface area contributed by atoms with Gasteiger partial charge in [0.2, 0.25) is 5.91 Å². The van der Waals surface area contributed by atoms with Gasteiger partial charge < -0.3 is 20.7 Å². The van der Waals surface area contributed by atoms with Gasteiger partial charge in [-0.3, -0.25) is 4.79 Å². The Morgan fingerprint density at radius 1 is 1.38 bits per heavy atom. The lowest BCUT2D eigenvalue weighted by atomic mass is 9.97. The molecule has 0 saturated heterocycles. The van der Waals surface area contributed by atoms with E-state index in [2.05, 4.69) is 27.9 Å². The lowest BCUT2D eigenvalue weighted by Gasteiger charge is -2.11. The van der Waals surface area contributed by atoms with Crippen LogP contribution in [-0.4, -0.2) is 20.6 Å². The van der Waals surface area contributed by atoms with Crippen molar-refractivity contribution >= 4 is 28.2 Å². The van der Waals surface area contributed by atoms with Crippen molar-refractivity contribution in [3.63, 3.8) is 0 Å². The number of amides is 1. The summed E-state index contributed by atoms with van der Waals surface area (Å²) in [7, 11) is 0. The maximum Gasteiger partial charge on any atom is 0.228 e. The first-order chi connectivity index (χ1) is 12.6. The standard InChI is InChI=1S/C20H20N4O2/c1-10-19(15(9-25)17-8-24(10)17)13-4-12-6-18(23-20(26)11-2-3-11)22-7-14(12)16(21)5-13/h4-7,11,25H,2-3,8-9,21H2,1H3,(H,22,23,26). The van der Waals surface area contributed by atoms with Crippen LogP contribution in [0, 0.1) is 12.8 Å². The topological polar surface area (TPSA) is 93.2 Å². The minimum Gasteiger partial charge on any atom is -0.398 e. The highest BCUT2D eigenvalue weighted by molar-refractivity contribution is 6.00. The van der Waals surface area contributed by atoms with Crippen molar-refractivity contribution in [3.05, 3.63) is 41.3 Å². The van der Waals surface area contributed by atoms with Crippen LogP contribution in [-0.2, 0) is 17.9 Å². The van der Waals surface area contributed by atoms with Crippen LogP contribution in [0.1, 0.15) is 29.8 Å². The zero-order valence-electron chi connectivity index (χ0n) is 14.5. The molecule has 6 nitrogen and oxygen atoms in total. The van der Waals surface area contributed by atoms with E-state index in [1.807, 2.05) is 12.1 Å². The number of hydrogen-bond donors (Lipinski definition) is 3. The van der Waals surface area contributed by atoms with Crippen molar-refractivity contribution in [1.82, 2.24) is 9.55 Å². The van der Waals surface area contributed by atoms with Crippen LogP contribution < -0.4 is 11.1 Å². The normalized spacial score (nSPS) is 15.2. The second-order valence-corrected chi connectivity index (χ2v) is 7.25. The Hall–Kier alpha value is -2.86. The van der Waals surface area contributed by atoms with Gasteiger partial charge >= 0.3 is 0 Å². The molecule has 3 aromatic rings. The third-order valence-electron chi connectivity index (χ3n) is 5.46. The summed E-state index contributed by atoms with van der Waals surface area (Å²) in [5.74, 6) is 0.723. The molecule has 2 aliphatic rings. The van der Waals surface area contributed by atoms with E-state index in [1.165, 1.54) is 5.69 Å². The molecular formula is C20H20N4O2. The fourth-order valence-electron chi connectivity index (χ4n) is 3.82. The van der Waals surface area contributed by atoms with Gasteiger partial charge in [0.25, 0.3) is 0 Å². The molecule has 1 amide bonds. The zero-order chi connectivity index (χ0) is 18.0. The van der Waals surface area contributed by atoms with Crippen molar-refractivity contribution in [2.75, 3.05) is 11.1 Å². The highest BCUT2D eigenvalue weighted by Crippen LogP contribution is 2.41. The molecule has 1 aromatic carbocycles. The Morgan fingerprint density at radius 3 is 2.92 bits per heavy atom. The van der Waals surface area contributed by atoms with Crippen LogP contribution in [0.5, 0.6) is 0 Å². The molecule has 132 valence electrons. The van der Waals surface area contributed by atoms with Crippen LogP contribution in [0.25, 0.3) is 21.9 Å². The number of benzene rings is 1. The molecule has 26 heavy (non-hydrogen) atoms. The maximum absolute atomic E-state index is 12.0. The van der Waals surface area contributed by atoms with Crippen molar-refractivity contribution in [1.29, 1.82) is 0 Å². The predicted octanol–water partition coefficient (Wildman–Crippen LogP) is 2.80. The number of nitrogen functional groups attached to an aromatic ring is 1. The summed E-state index contributed by atoms with van der Waals surface area (Å²) < 4.78 is 2.20.